The van der Waals surface area contributed by atoms with Gasteiger partial charge in [0.15, 0.2) is 0 Å². The molecular formula is C25H23ClFN5O4. The lowest BCUT2D eigenvalue weighted by atomic mass is 9.98. The molecule has 3 aromatic heterocycles. The minimum absolute atomic E-state index is 0.184. The van der Waals surface area contributed by atoms with Crippen LogP contribution in [-0.2, 0) is 16.5 Å². The predicted octanol–water partition coefficient (Wildman–Crippen LogP) is 2.76. The van der Waals surface area contributed by atoms with Crippen molar-refractivity contribution in [1.82, 2.24) is 24.5 Å². The number of aromatic nitrogens is 4. The molecule has 6 rings (SSSR count). The van der Waals surface area contributed by atoms with Crippen LogP contribution in [-0.4, -0.2) is 67.7 Å². The summed E-state index contributed by atoms with van der Waals surface area (Å²) in [4.78, 5) is 17.6. The lowest BCUT2D eigenvalue weighted by Gasteiger charge is -2.17. The number of aliphatic hydroxyl groups is 1. The van der Waals surface area contributed by atoms with Crippen LogP contribution < -0.4 is 5.32 Å². The number of hydrogen-bond donors (Lipinski definition) is 2. The van der Waals surface area contributed by atoms with Crippen molar-refractivity contribution in [1.29, 1.82) is 0 Å². The average Bonchev–Trinajstić information content (AvgIpc) is 3.59. The molecule has 1 amide bonds. The third-order valence-corrected chi connectivity index (χ3v) is 7.09. The van der Waals surface area contributed by atoms with Crippen molar-refractivity contribution in [2.45, 2.75) is 31.3 Å². The first-order chi connectivity index (χ1) is 17.3. The van der Waals surface area contributed by atoms with E-state index in [0.717, 1.165) is 0 Å². The maximum absolute atomic E-state index is 15.1. The number of carbonyl (C=O) groups excluding carboxylic acids is 1. The first-order valence-electron chi connectivity index (χ1n) is 11.5. The number of halogens is 2. The number of benzene rings is 1. The zero-order valence-electron chi connectivity index (χ0n) is 19.5. The smallest absolute Gasteiger partial charge is 0.251 e. The molecule has 0 spiro atoms. The van der Waals surface area contributed by atoms with Gasteiger partial charge in [-0.2, -0.15) is 5.10 Å². The maximum atomic E-state index is 15.1. The van der Waals surface area contributed by atoms with E-state index in [4.69, 9.17) is 21.1 Å². The molecule has 1 aromatic carbocycles. The molecule has 36 heavy (non-hydrogen) atoms. The number of aliphatic hydroxyl groups excluding tert-OH is 1. The van der Waals surface area contributed by atoms with E-state index in [1.165, 1.54) is 6.07 Å². The highest BCUT2D eigenvalue weighted by molar-refractivity contribution is 6.32. The van der Waals surface area contributed by atoms with E-state index in [1.54, 1.807) is 52.8 Å². The van der Waals surface area contributed by atoms with Crippen molar-refractivity contribution in [2.24, 2.45) is 7.05 Å². The second-order valence-electron chi connectivity index (χ2n) is 9.10. The van der Waals surface area contributed by atoms with Gasteiger partial charge in [0.1, 0.15) is 40.6 Å². The summed E-state index contributed by atoms with van der Waals surface area (Å²) >= 11 is 6.69. The molecule has 11 heteroatoms. The van der Waals surface area contributed by atoms with Crippen LogP contribution in [0.1, 0.15) is 16.1 Å². The van der Waals surface area contributed by atoms with Gasteiger partial charge in [0.2, 0.25) is 0 Å². The van der Waals surface area contributed by atoms with Gasteiger partial charge in [-0.15, -0.1) is 0 Å². The Morgan fingerprint density at radius 1 is 1.22 bits per heavy atom. The minimum Gasteiger partial charge on any atom is -0.388 e. The Morgan fingerprint density at radius 3 is 2.81 bits per heavy atom. The lowest BCUT2D eigenvalue weighted by Crippen LogP contribution is -2.44. The Balaban J connectivity index is 1.34. The number of hydrogen-bond acceptors (Lipinski definition) is 6. The number of imidazole rings is 1. The van der Waals surface area contributed by atoms with Crippen molar-refractivity contribution in [3.8, 4) is 22.4 Å². The van der Waals surface area contributed by atoms with E-state index in [1.807, 2.05) is 6.92 Å². The Labute approximate surface area is 210 Å². The maximum Gasteiger partial charge on any atom is 0.251 e. The van der Waals surface area contributed by atoms with Crippen molar-refractivity contribution >= 4 is 23.2 Å². The second kappa shape index (κ2) is 8.67. The summed E-state index contributed by atoms with van der Waals surface area (Å²) in [7, 11) is 1.78. The van der Waals surface area contributed by atoms with Crippen LogP contribution in [0.15, 0.2) is 42.7 Å². The molecule has 0 aliphatic carbocycles. The average molecular weight is 512 g/mol. The van der Waals surface area contributed by atoms with Crippen LogP contribution in [0, 0.1) is 12.7 Å². The van der Waals surface area contributed by atoms with Gasteiger partial charge in [0, 0.05) is 41.7 Å². The molecule has 0 bridgehead atoms. The molecular weight excluding hydrogens is 489 g/mol. The van der Waals surface area contributed by atoms with Crippen LogP contribution in [0.25, 0.3) is 28.0 Å². The molecule has 2 saturated heterocycles. The zero-order chi connectivity index (χ0) is 25.1. The fraction of sp³-hybridized carbons (Fsp3) is 0.320. The highest BCUT2D eigenvalue weighted by atomic mass is 35.5. The van der Waals surface area contributed by atoms with E-state index < -0.39 is 18.0 Å². The fourth-order valence-electron chi connectivity index (χ4n) is 5.02. The SMILES string of the molecule is Cc1nn(C)cc1-c1c(F)cccc1-c1nc2cc(C(=O)N[C@@H]3CO[C@H]4[C@@H]3OC[C@H]4O)ccn2c1Cl. The normalized spacial score (nSPS) is 23.4. The summed E-state index contributed by atoms with van der Waals surface area (Å²) in [5, 5.41) is 17.5. The first kappa shape index (κ1) is 23.1. The molecule has 9 nitrogen and oxygen atoms in total. The summed E-state index contributed by atoms with van der Waals surface area (Å²) < 4.78 is 29.5. The summed E-state index contributed by atoms with van der Waals surface area (Å²) in [5.74, 6) is -0.733. The van der Waals surface area contributed by atoms with Crippen molar-refractivity contribution < 1.29 is 23.8 Å². The van der Waals surface area contributed by atoms with Crippen molar-refractivity contribution in [2.75, 3.05) is 13.2 Å². The number of amides is 1. The van der Waals surface area contributed by atoms with E-state index >= 15 is 4.39 Å². The number of fused-ring (bicyclic) bond motifs is 2. The zero-order valence-corrected chi connectivity index (χ0v) is 20.2. The third-order valence-electron chi connectivity index (χ3n) is 6.73. The molecule has 2 aliphatic heterocycles. The number of ether oxygens (including phenoxy) is 2. The van der Waals surface area contributed by atoms with Crippen molar-refractivity contribution in [3.63, 3.8) is 0 Å². The second-order valence-corrected chi connectivity index (χ2v) is 9.46. The lowest BCUT2D eigenvalue weighted by molar-refractivity contribution is 0.0178. The third kappa shape index (κ3) is 3.68. The summed E-state index contributed by atoms with van der Waals surface area (Å²) in [6, 6.07) is 7.65. The van der Waals surface area contributed by atoms with E-state index in [9.17, 15) is 9.90 Å². The van der Waals surface area contributed by atoms with Gasteiger partial charge >= 0.3 is 0 Å². The van der Waals surface area contributed by atoms with E-state index in [2.05, 4.69) is 15.4 Å². The number of carbonyl (C=O) groups is 1. The summed E-state index contributed by atoms with van der Waals surface area (Å²) in [6.45, 7) is 2.26. The number of rotatable bonds is 4. The Bertz CT molecular complexity index is 1500. The number of aryl methyl sites for hydroxylation is 2. The van der Waals surface area contributed by atoms with Crippen LogP contribution in [0.3, 0.4) is 0 Å². The van der Waals surface area contributed by atoms with Crippen LogP contribution >= 0.6 is 11.6 Å². The molecule has 0 saturated carbocycles. The minimum atomic E-state index is -0.693. The van der Waals surface area contributed by atoms with Crippen LogP contribution in [0.2, 0.25) is 5.15 Å². The van der Waals surface area contributed by atoms with Gasteiger partial charge in [-0.25, -0.2) is 9.37 Å². The molecule has 0 radical (unpaired) electrons. The van der Waals surface area contributed by atoms with Gasteiger partial charge < -0.3 is 19.9 Å². The molecule has 4 atom stereocenters. The molecule has 2 aliphatic rings. The molecule has 2 N–H and O–H groups in total. The number of pyridine rings is 1. The first-order valence-corrected chi connectivity index (χ1v) is 11.9. The molecule has 4 aromatic rings. The van der Waals surface area contributed by atoms with Crippen LogP contribution in [0.4, 0.5) is 4.39 Å². The van der Waals surface area contributed by atoms with E-state index in [0.29, 0.717) is 44.4 Å². The van der Waals surface area contributed by atoms with Crippen molar-refractivity contribution in [3.05, 3.63) is 65.0 Å². The fourth-order valence-corrected chi connectivity index (χ4v) is 5.31. The van der Waals surface area contributed by atoms with Gasteiger partial charge in [-0.1, -0.05) is 23.7 Å². The number of nitrogens with zero attached hydrogens (tertiary/aromatic N) is 4. The standard InChI is InChI=1S/C25H23ClFN5O4/c1-12-15(9-31(2)30-12)20-14(4-3-5-16(20)27)21-24(26)32-7-6-13(8-19(32)29-21)25(34)28-17-10-35-23-18(33)11-36-22(17)23/h3-9,17-18,22-23,33H,10-11H2,1-2H3,(H,28,34)/t17-,18-,22-,23-/m1/s1. The van der Waals surface area contributed by atoms with Gasteiger partial charge in [-0.05, 0) is 25.1 Å². The van der Waals surface area contributed by atoms with Gasteiger partial charge in [0.25, 0.3) is 5.91 Å². The predicted molar refractivity (Wildman–Crippen MR) is 129 cm³/mol. The monoisotopic (exact) mass is 511 g/mol. The summed E-state index contributed by atoms with van der Waals surface area (Å²) in [6.07, 6.45) is 1.90. The van der Waals surface area contributed by atoms with E-state index in [-0.39, 0.29) is 31.3 Å². The highest BCUT2D eigenvalue weighted by Gasteiger charge is 2.47. The van der Waals surface area contributed by atoms with Gasteiger partial charge in [-0.3, -0.25) is 13.9 Å². The quantitative estimate of drug-likeness (QED) is 0.437. The number of nitrogens with one attached hydrogen (secondary N) is 1. The molecule has 2 fully saturated rings. The molecule has 0 unspecified atom stereocenters. The Kier molecular flexibility index (Phi) is 5.56. The largest absolute Gasteiger partial charge is 0.388 e. The Morgan fingerprint density at radius 2 is 2.03 bits per heavy atom. The highest BCUT2D eigenvalue weighted by Crippen LogP contribution is 2.38. The molecule has 5 heterocycles. The molecule has 186 valence electrons. The Hall–Kier alpha value is -3.31. The van der Waals surface area contributed by atoms with Crippen LogP contribution in [0.5, 0.6) is 0 Å². The van der Waals surface area contributed by atoms with Gasteiger partial charge in [0.05, 0.1) is 24.9 Å². The summed E-state index contributed by atoms with van der Waals surface area (Å²) in [5.41, 5.74) is 3.43. The topological polar surface area (TPSA) is 103 Å².